The van der Waals surface area contributed by atoms with Gasteiger partial charge in [0, 0.05) is 5.33 Å². The third-order valence-electron chi connectivity index (χ3n) is 2.31. The number of hydrogen-bond donors (Lipinski definition) is 0. The van der Waals surface area contributed by atoms with Gasteiger partial charge >= 0.3 is 0 Å². The Morgan fingerprint density at radius 3 is 2.50 bits per heavy atom. The predicted octanol–water partition coefficient (Wildman–Crippen LogP) is 3.30. The summed E-state index contributed by atoms with van der Waals surface area (Å²) in [6.45, 7) is 2.24. The van der Waals surface area contributed by atoms with Crippen molar-refractivity contribution >= 4 is 27.7 Å². The maximum absolute atomic E-state index is 3.60. The largest absolute Gasteiger partial charge is 0.162 e. The molecule has 1 fully saturated rings. The molecule has 0 spiro atoms. The summed E-state index contributed by atoms with van der Waals surface area (Å²) >= 11 is 5.69. The van der Waals surface area contributed by atoms with E-state index in [9.17, 15) is 0 Å². The zero-order valence-corrected chi connectivity index (χ0v) is 8.93. The summed E-state index contributed by atoms with van der Waals surface area (Å²) in [6, 6.07) is 0. The van der Waals surface area contributed by atoms with Crippen LogP contribution in [0.1, 0.15) is 26.2 Å². The van der Waals surface area contributed by atoms with Gasteiger partial charge in [0.2, 0.25) is 0 Å². The molecule has 0 aromatic heterocycles. The molecule has 0 N–H and O–H groups in total. The van der Waals surface area contributed by atoms with Crippen molar-refractivity contribution in [3.8, 4) is 0 Å². The van der Waals surface area contributed by atoms with Crippen molar-refractivity contribution in [2.75, 3.05) is 16.8 Å². The normalized spacial score (nSPS) is 22.2. The zero-order chi connectivity index (χ0) is 7.45. The number of halogens is 1. The van der Waals surface area contributed by atoms with Gasteiger partial charge in [0.15, 0.2) is 0 Å². The van der Waals surface area contributed by atoms with Crippen LogP contribution < -0.4 is 0 Å². The quantitative estimate of drug-likeness (QED) is 0.659. The van der Waals surface area contributed by atoms with E-state index in [1.165, 1.54) is 36.1 Å². The Labute approximate surface area is 76.3 Å². The molecule has 0 aromatic rings. The third kappa shape index (κ3) is 1.91. The van der Waals surface area contributed by atoms with Gasteiger partial charge in [-0.3, -0.25) is 0 Å². The summed E-state index contributed by atoms with van der Waals surface area (Å²) in [5.41, 5.74) is 0.695. The van der Waals surface area contributed by atoms with Gasteiger partial charge < -0.3 is 0 Å². The lowest BCUT2D eigenvalue weighted by Crippen LogP contribution is -2.33. The predicted molar refractivity (Wildman–Crippen MR) is 53.1 cm³/mol. The second-order valence-electron chi connectivity index (χ2n) is 3.12. The van der Waals surface area contributed by atoms with Gasteiger partial charge in [0.05, 0.1) is 0 Å². The van der Waals surface area contributed by atoms with Crippen LogP contribution in [0.25, 0.3) is 0 Å². The summed E-state index contributed by atoms with van der Waals surface area (Å²) in [7, 11) is 0. The van der Waals surface area contributed by atoms with Crippen LogP contribution in [-0.2, 0) is 0 Å². The first-order valence-electron chi connectivity index (χ1n) is 3.97. The number of thioether (sulfide) groups is 1. The molecule has 0 bridgehead atoms. The van der Waals surface area contributed by atoms with E-state index in [4.69, 9.17) is 0 Å². The molecular formula is C8H15BrS. The Hall–Kier alpha value is 0.830. The number of hydrogen-bond acceptors (Lipinski definition) is 1. The van der Waals surface area contributed by atoms with Gasteiger partial charge in [-0.05, 0) is 29.8 Å². The molecule has 0 amide bonds. The Kier molecular flexibility index (Phi) is 3.58. The first-order chi connectivity index (χ1) is 4.83. The molecule has 60 valence electrons. The van der Waals surface area contributed by atoms with Crippen LogP contribution in [0.2, 0.25) is 0 Å². The lowest BCUT2D eigenvalue weighted by Gasteiger charge is -2.40. The van der Waals surface area contributed by atoms with Crippen molar-refractivity contribution in [3.63, 3.8) is 0 Å². The second kappa shape index (κ2) is 4.01. The molecule has 1 aliphatic carbocycles. The minimum Gasteiger partial charge on any atom is -0.162 e. The van der Waals surface area contributed by atoms with Crippen molar-refractivity contribution in [2.45, 2.75) is 26.2 Å². The molecule has 0 atom stereocenters. The van der Waals surface area contributed by atoms with Gasteiger partial charge in [0.25, 0.3) is 0 Å². The number of alkyl halides is 1. The van der Waals surface area contributed by atoms with Gasteiger partial charge in [-0.1, -0.05) is 29.3 Å². The molecule has 0 radical (unpaired) electrons. The summed E-state index contributed by atoms with van der Waals surface area (Å²) in [5.74, 6) is 2.64. The molecule has 2 heteroatoms. The van der Waals surface area contributed by atoms with Crippen molar-refractivity contribution in [1.29, 1.82) is 0 Å². The highest BCUT2D eigenvalue weighted by Gasteiger charge is 2.35. The van der Waals surface area contributed by atoms with Crippen molar-refractivity contribution in [1.82, 2.24) is 0 Å². The molecule has 1 aliphatic rings. The molecule has 1 saturated carbocycles. The van der Waals surface area contributed by atoms with Gasteiger partial charge in [-0.15, -0.1) is 0 Å². The maximum Gasteiger partial charge on any atom is 0.00958 e. The van der Waals surface area contributed by atoms with E-state index in [2.05, 4.69) is 34.6 Å². The summed E-state index contributed by atoms with van der Waals surface area (Å²) in [5, 5.41) is 1.22. The molecule has 10 heavy (non-hydrogen) atoms. The Morgan fingerprint density at radius 1 is 1.50 bits per heavy atom. The molecule has 1 rings (SSSR count). The smallest absolute Gasteiger partial charge is 0.00958 e. The Balaban J connectivity index is 2.20. The zero-order valence-electron chi connectivity index (χ0n) is 6.53. The van der Waals surface area contributed by atoms with Crippen LogP contribution in [0.4, 0.5) is 0 Å². The highest BCUT2D eigenvalue weighted by molar-refractivity contribution is 9.09. The maximum atomic E-state index is 3.60. The van der Waals surface area contributed by atoms with Crippen LogP contribution >= 0.6 is 27.7 Å². The second-order valence-corrected chi connectivity index (χ2v) is 4.96. The van der Waals surface area contributed by atoms with Crippen LogP contribution in [0.5, 0.6) is 0 Å². The lowest BCUT2D eigenvalue weighted by molar-refractivity contribution is 0.206. The van der Waals surface area contributed by atoms with Gasteiger partial charge in [-0.25, -0.2) is 0 Å². The van der Waals surface area contributed by atoms with Crippen molar-refractivity contribution in [2.24, 2.45) is 5.41 Å². The monoisotopic (exact) mass is 222 g/mol. The average Bonchev–Trinajstić information content (AvgIpc) is 1.87. The minimum absolute atomic E-state index is 0.695. The van der Waals surface area contributed by atoms with Crippen molar-refractivity contribution < 1.29 is 0 Å². The summed E-state index contributed by atoms with van der Waals surface area (Å²) in [6.07, 6.45) is 4.35. The average molecular weight is 223 g/mol. The first-order valence-corrected chi connectivity index (χ1v) is 6.24. The van der Waals surface area contributed by atoms with E-state index < -0.39 is 0 Å². The van der Waals surface area contributed by atoms with Gasteiger partial charge in [0.1, 0.15) is 0 Å². The fraction of sp³-hybridized carbons (Fsp3) is 1.00. The van der Waals surface area contributed by atoms with Crippen LogP contribution in [0, 0.1) is 5.41 Å². The van der Waals surface area contributed by atoms with Crippen molar-refractivity contribution in [3.05, 3.63) is 0 Å². The fourth-order valence-electron chi connectivity index (χ4n) is 1.31. The van der Waals surface area contributed by atoms with Crippen LogP contribution in [-0.4, -0.2) is 16.8 Å². The molecule has 0 nitrogen and oxygen atoms in total. The Bertz CT molecular complexity index is 93.9. The Morgan fingerprint density at radius 2 is 2.20 bits per heavy atom. The highest BCUT2D eigenvalue weighted by atomic mass is 79.9. The lowest BCUT2D eigenvalue weighted by atomic mass is 9.72. The highest BCUT2D eigenvalue weighted by Crippen LogP contribution is 2.44. The van der Waals surface area contributed by atoms with Crippen LogP contribution in [0.3, 0.4) is 0 Å². The molecule has 0 aromatic carbocycles. The summed E-state index contributed by atoms with van der Waals surface area (Å²) in [4.78, 5) is 0. The topological polar surface area (TPSA) is 0 Å². The fourth-order valence-corrected chi connectivity index (χ4v) is 3.36. The minimum atomic E-state index is 0.695. The van der Waals surface area contributed by atoms with E-state index in [0.717, 1.165) is 0 Å². The number of rotatable bonds is 4. The van der Waals surface area contributed by atoms with E-state index in [1.807, 2.05) is 0 Å². The van der Waals surface area contributed by atoms with E-state index >= 15 is 0 Å². The molecule has 0 aliphatic heterocycles. The third-order valence-corrected chi connectivity index (χ3v) is 4.72. The molecule has 0 unspecified atom stereocenters. The molecule has 0 heterocycles. The van der Waals surface area contributed by atoms with Crippen LogP contribution in [0.15, 0.2) is 0 Å². The summed E-state index contributed by atoms with van der Waals surface area (Å²) < 4.78 is 0. The SMILES string of the molecule is CCSCC1(CBr)CCC1. The molecular weight excluding hydrogens is 208 g/mol. The first kappa shape index (κ1) is 8.92. The van der Waals surface area contributed by atoms with E-state index in [-0.39, 0.29) is 0 Å². The van der Waals surface area contributed by atoms with Gasteiger partial charge in [-0.2, -0.15) is 11.8 Å². The molecule has 0 saturated heterocycles. The standard InChI is InChI=1S/C8H15BrS/c1-2-10-7-8(6-9)4-3-5-8/h2-7H2,1H3. The van der Waals surface area contributed by atoms with E-state index in [1.54, 1.807) is 0 Å². The van der Waals surface area contributed by atoms with E-state index in [0.29, 0.717) is 5.41 Å².